The molecule has 6 heteroatoms. The molecular weight excluding hydrogens is 268 g/mol. The molecule has 0 unspecified atom stereocenters. The highest BCUT2D eigenvalue weighted by Crippen LogP contribution is 2.18. The fraction of sp³-hybridized carbons (Fsp3) is 0.267. The molecular formula is C15H18N4O2. The van der Waals surface area contributed by atoms with E-state index in [1.165, 1.54) is 6.07 Å². The Bertz CT molecular complexity index is 707. The Morgan fingerprint density at radius 2 is 2.19 bits per heavy atom. The van der Waals surface area contributed by atoms with Crippen molar-refractivity contribution in [2.24, 2.45) is 5.10 Å². The summed E-state index contributed by atoms with van der Waals surface area (Å²) in [6.07, 6.45) is 0.646. The highest BCUT2D eigenvalue weighted by Gasteiger charge is 2.03. The Morgan fingerprint density at radius 3 is 2.90 bits per heavy atom. The van der Waals surface area contributed by atoms with E-state index in [1.807, 2.05) is 31.2 Å². The Hall–Kier alpha value is -2.63. The van der Waals surface area contributed by atoms with Crippen molar-refractivity contribution < 1.29 is 4.74 Å². The van der Waals surface area contributed by atoms with Crippen LogP contribution in [0.15, 0.2) is 40.2 Å². The van der Waals surface area contributed by atoms with E-state index < -0.39 is 0 Å². The summed E-state index contributed by atoms with van der Waals surface area (Å²) in [6.45, 7) is 3.65. The van der Waals surface area contributed by atoms with E-state index in [4.69, 9.17) is 4.74 Å². The molecule has 0 aliphatic carbocycles. The normalized spacial score (nSPS) is 11.3. The minimum absolute atomic E-state index is 0.206. The molecule has 2 aromatic rings. The predicted octanol–water partition coefficient (Wildman–Crippen LogP) is 2.12. The van der Waals surface area contributed by atoms with Gasteiger partial charge in [0.1, 0.15) is 5.75 Å². The Balaban J connectivity index is 2.09. The maximum Gasteiger partial charge on any atom is 0.252 e. The maximum absolute atomic E-state index is 11.3. The van der Waals surface area contributed by atoms with Crippen LogP contribution >= 0.6 is 0 Å². The largest absolute Gasteiger partial charge is 0.496 e. The molecule has 2 N–H and O–H groups in total. The molecule has 110 valence electrons. The quantitative estimate of drug-likeness (QED) is 0.652. The average Bonchev–Trinajstić information content (AvgIpc) is 2.45. The van der Waals surface area contributed by atoms with Gasteiger partial charge < -0.3 is 4.74 Å². The molecule has 1 aromatic carbocycles. The van der Waals surface area contributed by atoms with Gasteiger partial charge in [0, 0.05) is 23.9 Å². The third kappa shape index (κ3) is 4.17. The lowest BCUT2D eigenvalue weighted by Crippen LogP contribution is -2.11. The molecule has 2 rings (SSSR count). The number of aryl methyl sites for hydroxylation is 1. The summed E-state index contributed by atoms with van der Waals surface area (Å²) in [5, 5.41) is 4.23. The van der Waals surface area contributed by atoms with Crippen molar-refractivity contribution in [3.63, 3.8) is 0 Å². The summed E-state index contributed by atoms with van der Waals surface area (Å²) in [4.78, 5) is 18.1. The number of aromatic amines is 1. The van der Waals surface area contributed by atoms with Crippen LogP contribution in [0.5, 0.6) is 5.75 Å². The van der Waals surface area contributed by atoms with Gasteiger partial charge >= 0.3 is 0 Å². The number of rotatable bonds is 5. The van der Waals surface area contributed by atoms with Crippen molar-refractivity contribution in [2.75, 3.05) is 12.5 Å². The fourth-order valence-corrected chi connectivity index (χ4v) is 1.94. The zero-order chi connectivity index (χ0) is 15.2. The maximum atomic E-state index is 11.3. The summed E-state index contributed by atoms with van der Waals surface area (Å²) in [6, 6.07) is 9.21. The van der Waals surface area contributed by atoms with Crippen molar-refractivity contribution in [1.82, 2.24) is 9.97 Å². The molecule has 1 heterocycles. The van der Waals surface area contributed by atoms with Crippen LogP contribution in [0.25, 0.3) is 0 Å². The third-order valence-corrected chi connectivity index (χ3v) is 2.86. The Kier molecular flexibility index (Phi) is 4.71. The van der Waals surface area contributed by atoms with Crippen LogP contribution in [0.3, 0.4) is 0 Å². The number of methoxy groups -OCH3 is 1. The van der Waals surface area contributed by atoms with E-state index in [0.29, 0.717) is 18.1 Å². The smallest absolute Gasteiger partial charge is 0.252 e. The van der Waals surface area contributed by atoms with Crippen molar-refractivity contribution in [2.45, 2.75) is 20.3 Å². The second-order valence-electron chi connectivity index (χ2n) is 4.68. The van der Waals surface area contributed by atoms with Gasteiger partial charge in [-0.2, -0.15) is 5.10 Å². The summed E-state index contributed by atoms with van der Waals surface area (Å²) in [7, 11) is 1.64. The van der Waals surface area contributed by atoms with E-state index in [-0.39, 0.29) is 5.56 Å². The molecule has 0 amide bonds. The van der Waals surface area contributed by atoms with Gasteiger partial charge in [-0.05, 0) is 25.5 Å². The monoisotopic (exact) mass is 286 g/mol. The van der Waals surface area contributed by atoms with E-state index in [1.54, 1.807) is 14.0 Å². The van der Waals surface area contributed by atoms with Crippen molar-refractivity contribution in [3.8, 4) is 5.75 Å². The van der Waals surface area contributed by atoms with Gasteiger partial charge in [0.2, 0.25) is 5.95 Å². The first-order chi connectivity index (χ1) is 10.1. The van der Waals surface area contributed by atoms with Gasteiger partial charge in [0.05, 0.1) is 7.11 Å². The first-order valence-electron chi connectivity index (χ1n) is 6.57. The number of H-pyrrole nitrogens is 1. The number of ether oxygens (including phenoxy) is 1. The van der Waals surface area contributed by atoms with Gasteiger partial charge in [-0.25, -0.2) is 10.4 Å². The second kappa shape index (κ2) is 6.69. The third-order valence-electron chi connectivity index (χ3n) is 2.86. The van der Waals surface area contributed by atoms with Gasteiger partial charge in [0.15, 0.2) is 0 Å². The molecule has 21 heavy (non-hydrogen) atoms. The number of nitrogens with one attached hydrogen (secondary N) is 2. The molecule has 0 aliphatic heterocycles. The SMILES string of the molecule is COc1ccccc1C/C(C)=N\Nc1nc(C)cc(=O)[nH]1. The zero-order valence-electron chi connectivity index (χ0n) is 12.3. The first-order valence-corrected chi connectivity index (χ1v) is 6.57. The lowest BCUT2D eigenvalue weighted by molar-refractivity contribution is 0.411. The number of hydrogen-bond acceptors (Lipinski definition) is 5. The summed E-state index contributed by atoms with van der Waals surface area (Å²) in [5.41, 5.74) is 5.10. The number of aromatic nitrogens is 2. The minimum atomic E-state index is -0.206. The fourth-order valence-electron chi connectivity index (χ4n) is 1.94. The second-order valence-corrected chi connectivity index (χ2v) is 4.68. The molecule has 1 aromatic heterocycles. The van der Waals surface area contributed by atoms with Crippen molar-refractivity contribution >= 4 is 11.7 Å². The van der Waals surface area contributed by atoms with Crippen LogP contribution in [0.4, 0.5) is 5.95 Å². The van der Waals surface area contributed by atoms with E-state index in [9.17, 15) is 4.79 Å². The molecule has 0 spiro atoms. The molecule has 0 fully saturated rings. The lowest BCUT2D eigenvalue weighted by Gasteiger charge is -2.08. The van der Waals surface area contributed by atoms with E-state index >= 15 is 0 Å². The zero-order valence-corrected chi connectivity index (χ0v) is 12.3. The van der Waals surface area contributed by atoms with Crippen LogP contribution in [0.1, 0.15) is 18.2 Å². The summed E-state index contributed by atoms with van der Waals surface area (Å²) < 4.78 is 5.31. The standard InChI is InChI=1S/C15H18N4O2/c1-10-9-14(20)17-15(16-10)19-18-11(2)8-12-6-4-5-7-13(12)21-3/h4-7,9H,8H2,1-3H3,(H2,16,17,19,20)/b18-11-. The van der Waals surface area contributed by atoms with Crippen LogP contribution in [-0.2, 0) is 6.42 Å². The molecule has 0 atom stereocenters. The highest BCUT2D eigenvalue weighted by molar-refractivity contribution is 5.85. The summed E-state index contributed by atoms with van der Waals surface area (Å²) >= 11 is 0. The molecule has 0 saturated heterocycles. The van der Waals surface area contributed by atoms with Crippen molar-refractivity contribution in [1.29, 1.82) is 0 Å². The minimum Gasteiger partial charge on any atom is -0.496 e. The van der Waals surface area contributed by atoms with Crippen LogP contribution in [0.2, 0.25) is 0 Å². The topological polar surface area (TPSA) is 79.4 Å². The van der Waals surface area contributed by atoms with Gasteiger partial charge in [-0.1, -0.05) is 18.2 Å². The van der Waals surface area contributed by atoms with Crippen LogP contribution in [-0.4, -0.2) is 22.8 Å². The first kappa shape index (κ1) is 14.8. The lowest BCUT2D eigenvalue weighted by atomic mass is 10.1. The summed E-state index contributed by atoms with van der Waals surface area (Å²) in [5.74, 6) is 1.16. The number of anilines is 1. The molecule has 0 bridgehead atoms. The molecule has 0 radical (unpaired) electrons. The average molecular weight is 286 g/mol. The molecule has 6 nitrogen and oxygen atoms in total. The number of para-hydroxylation sites is 1. The van der Waals surface area contributed by atoms with Gasteiger partial charge in [-0.15, -0.1) is 0 Å². The van der Waals surface area contributed by atoms with Crippen LogP contribution in [0, 0.1) is 6.92 Å². The number of benzene rings is 1. The predicted molar refractivity (Wildman–Crippen MR) is 83.0 cm³/mol. The molecule has 0 aliphatic rings. The van der Waals surface area contributed by atoms with Crippen LogP contribution < -0.4 is 15.7 Å². The number of nitrogens with zero attached hydrogens (tertiary/aromatic N) is 2. The van der Waals surface area contributed by atoms with Gasteiger partial charge in [0.25, 0.3) is 5.56 Å². The number of hydrazone groups is 1. The molecule has 0 saturated carbocycles. The highest BCUT2D eigenvalue weighted by atomic mass is 16.5. The number of hydrogen-bond donors (Lipinski definition) is 2. The van der Waals surface area contributed by atoms with E-state index in [2.05, 4.69) is 20.5 Å². The Morgan fingerprint density at radius 1 is 1.43 bits per heavy atom. The van der Waals surface area contributed by atoms with Crippen molar-refractivity contribution in [3.05, 3.63) is 51.9 Å². The van der Waals surface area contributed by atoms with E-state index in [0.717, 1.165) is 17.0 Å². The van der Waals surface area contributed by atoms with Gasteiger partial charge in [-0.3, -0.25) is 9.78 Å². The Labute approximate surface area is 122 Å².